The van der Waals surface area contributed by atoms with Crippen LogP contribution in [0.3, 0.4) is 0 Å². The quantitative estimate of drug-likeness (QED) is 0.764. The van der Waals surface area contributed by atoms with E-state index in [9.17, 15) is 4.79 Å². The number of amides is 1. The first kappa shape index (κ1) is 24.1. The molecule has 2 heterocycles. The van der Waals surface area contributed by atoms with E-state index >= 15 is 0 Å². The van der Waals surface area contributed by atoms with E-state index in [0.717, 1.165) is 51.4 Å². The number of carbonyl (C=O) groups is 1. The highest BCUT2D eigenvalue weighted by Gasteiger charge is 2.26. The molecule has 1 aromatic carbocycles. The molecule has 154 valence electrons. The molecule has 1 atom stereocenters. The molecule has 1 unspecified atom stereocenters. The van der Waals surface area contributed by atoms with Gasteiger partial charge in [0.05, 0.1) is 0 Å². The second kappa shape index (κ2) is 11.8. The highest BCUT2D eigenvalue weighted by atomic mass is 35.5. The first-order valence-corrected chi connectivity index (χ1v) is 9.96. The standard InChI is InChI=1S/C21H33N3O.2ClH/c1-17-7-8-19-5-3-4-6-20(19)24(17)16-12-21(25)23-14-10-18(11-15-23)9-13-22-2;;/h3-6,17-18,22H,7-16H2,1-2H3;2*1H. The maximum absolute atomic E-state index is 12.7. The molecule has 0 aliphatic carbocycles. The number of piperidine rings is 1. The van der Waals surface area contributed by atoms with Gasteiger partial charge in [-0.3, -0.25) is 4.79 Å². The lowest BCUT2D eigenvalue weighted by molar-refractivity contribution is -0.132. The highest BCUT2D eigenvalue weighted by molar-refractivity contribution is 5.85. The fourth-order valence-corrected chi connectivity index (χ4v) is 4.29. The predicted molar refractivity (Wildman–Crippen MR) is 119 cm³/mol. The average Bonchev–Trinajstić information content (AvgIpc) is 2.65. The van der Waals surface area contributed by atoms with Crippen molar-refractivity contribution >= 4 is 36.4 Å². The van der Waals surface area contributed by atoms with Gasteiger partial charge in [0.2, 0.25) is 5.91 Å². The molecule has 2 aliphatic heterocycles. The van der Waals surface area contributed by atoms with Gasteiger partial charge in [-0.15, -0.1) is 24.8 Å². The number of benzene rings is 1. The van der Waals surface area contributed by atoms with Crippen LogP contribution in [-0.4, -0.2) is 50.1 Å². The zero-order valence-corrected chi connectivity index (χ0v) is 18.3. The molecule has 6 heteroatoms. The Bertz CT molecular complexity index is 576. The number of para-hydroxylation sites is 1. The molecule has 1 aromatic rings. The molecule has 0 saturated carbocycles. The Kier molecular flexibility index (Phi) is 10.5. The molecule has 2 aliphatic rings. The van der Waals surface area contributed by atoms with Crippen LogP contribution >= 0.6 is 24.8 Å². The number of fused-ring (bicyclic) bond motifs is 1. The van der Waals surface area contributed by atoms with Crippen LogP contribution in [-0.2, 0) is 11.2 Å². The number of hydrogen-bond donors (Lipinski definition) is 1. The topological polar surface area (TPSA) is 35.6 Å². The lowest BCUT2D eigenvalue weighted by atomic mass is 9.93. The Hall–Kier alpha value is -0.970. The second-order valence-corrected chi connectivity index (χ2v) is 7.68. The summed E-state index contributed by atoms with van der Waals surface area (Å²) in [6.07, 6.45) is 6.54. The summed E-state index contributed by atoms with van der Waals surface area (Å²) in [5.41, 5.74) is 2.76. The zero-order chi connectivity index (χ0) is 17.6. The van der Waals surface area contributed by atoms with Crippen molar-refractivity contribution in [2.24, 2.45) is 5.92 Å². The van der Waals surface area contributed by atoms with Crippen LogP contribution in [0.5, 0.6) is 0 Å². The van der Waals surface area contributed by atoms with E-state index in [1.54, 1.807) is 0 Å². The summed E-state index contributed by atoms with van der Waals surface area (Å²) in [5.74, 6) is 1.12. The Morgan fingerprint density at radius 2 is 1.85 bits per heavy atom. The molecule has 1 amide bonds. The Balaban J connectivity index is 0.00000182. The molecule has 4 nitrogen and oxygen atoms in total. The normalized spacial score (nSPS) is 19.7. The van der Waals surface area contributed by atoms with Crippen molar-refractivity contribution in [3.8, 4) is 0 Å². The van der Waals surface area contributed by atoms with Crippen molar-refractivity contribution < 1.29 is 4.79 Å². The van der Waals surface area contributed by atoms with Gasteiger partial charge in [-0.25, -0.2) is 0 Å². The van der Waals surface area contributed by atoms with Gasteiger partial charge in [0, 0.05) is 37.8 Å². The molecule has 1 N–H and O–H groups in total. The van der Waals surface area contributed by atoms with Crippen molar-refractivity contribution in [2.75, 3.05) is 38.1 Å². The number of nitrogens with zero attached hydrogens (tertiary/aromatic N) is 2. The van der Waals surface area contributed by atoms with Crippen molar-refractivity contribution in [1.82, 2.24) is 10.2 Å². The summed E-state index contributed by atoms with van der Waals surface area (Å²) in [6.45, 7) is 6.11. The van der Waals surface area contributed by atoms with E-state index in [2.05, 4.69) is 46.3 Å². The predicted octanol–water partition coefficient (Wildman–Crippen LogP) is 3.91. The van der Waals surface area contributed by atoms with Crippen molar-refractivity contribution in [2.45, 2.75) is 51.5 Å². The number of carbonyl (C=O) groups excluding carboxylic acids is 1. The van der Waals surface area contributed by atoms with Crippen LogP contribution in [0.25, 0.3) is 0 Å². The minimum Gasteiger partial charge on any atom is -0.368 e. The maximum Gasteiger partial charge on any atom is 0.224 e. The van der Waals surface area contributed by atoms with Crippen LogP contribution in [0.1, 0.15) is 44.6 Å². The van der Waals surface area contributed by atoms with Gasteiger partial charge in [0.1, 0.15) is 0 Å². The molecule has 0 radical (unpaired) electrons. The van der Waals surface area contributed by atoms with Gasteiger partial charge in [-0.05, 0) is 70.2 Å². The lowest BCUT2D eigenvalue weighted by Gasteiger charge is -2.38. The van der Waals surface area contributed by atoms with E-state index in [1.165, 1.54) is 24.1 Å². The number of nitrogens with one attached hydrogen (secondary N) is 1. The third-order valence-electron chi connectivity index (χ3n) is 6.00. The first-order chi connectivity index (χ1) is 12.2. The number of likely N-dealkylation sites (tertiary alicyclic amines) is 1. The van der Waals surface area contributed by atoms with Gasteiger partial charge in [-0.2, -0.15) is 0 Å². The van der Waals surface area contributed by atoms with Crippen molar-refractivity contribution in [1.29, 1.82) is 0 Å². The van der Waals surface area contributed by atoms with Crippen LogP contribution in [0.15, 0.2) is 24.3 Å². The largest absolute Gasteiger partial charge is 0.368 e. The number of rotatable bonds is 6. The maximum atomic E-state index is 12.7. The molecular weight excluding hydrogens is 381 g/mol. The number of halogens is 2. The van der Waals surface area contributed by atoms with Crippen molar-refractivity contribution in [3.05, 3.63) is 29.8 Å². The van der Waals surface area contributed by atoms with Crippen LogP contribution in [0.2, 0.25) is 0 Å². The highest BCUT2D eigenvalue weighted by Crippen LogP contribution is 2.30. The summed E-state index contributed by atoms with van der Waals surface area (Å²) in [7, 11) is 2.01. The van der Waals surface area contributed by atoms with Crippen molar-refractivity contribution in [3.63, 3.8) is 0 Å². The van der Waals surface area contributed by atoms with Gasteiger partial charge in [-0.1, -0.05) is 18.2 Å². The molecule has 0 spiro atoms. The minimum atomic E-state index is 0. The number of hydrogen-bond acceptors (Lipinski definition) is 3. The van der Waals surface area contributed by atoms with Gasteiger partial charge in [0.25, 0.3) is 0 Å². The van der Waals surface area contributed by atoms with Crippen LogP contribution < -0.4 is 10.2 Å². The third-order valence-corrected chi connectivity index (χ3v) is 6.00. The fourth-order valence-electron chi connectivity index (χ4n) is 4.29. The SMILES string of the molecule is CNCCC1CCN(C(=O)CCN2c3ccccc3CCC2C)CC1.Cl.Cl. The van der Waals surface area contributed by atoms with Crippen LogP contribution in [0.4, 0.5) is 5.69 Å². The molecule has 3 rings (SSSR count). The molecule has 0 bridgehead atoms. The summed E-state index contributed by atoms with van der Waals surface area (Å²) in [5, 5.41) is 3.23. The van der Waals surface area contributed by atoms with E-state index in [1.807, 2.05) is 7.05 Å². The Morgan fingerprint density at radius 1 is 1.15 bits per heavy atom. The Morgan fingerprint density at radius 3 is 2.56 bits per heavy atom. The second-order valence-electron chi connectivity index (χ2n) is 7.68. The molecule has 27 heavy (non-hydrogen) atoms. The first-order valence-electron chi connectivity index (χ1n) is 9.96. The number of aryl methyl sites for hydroxylation is 1. The van der Waals surface area contributed by atoms with Gasteiger partial charge in [0.15, 0.2) is 0 Å². The molecular formula is C21H35Cl2N3O. The molecule has 0 aromatic heterocycles. The summed E-state index contributed by atoms with van der Waals surface area (Å²) in [4.78, 5) is 17.2. The average molecular weight is 416 g/mol. The third kappa shape index (κ3) is 6.27. The van der Waals surface area contributed by atoms with Gasteiger partial charge < -0.3 is 15.1 Å². The Labute approximate surface area is 176 Å². The summed E-state index contributed by atoms with van der Waals surface area (Å²) in [6, 6.07) is 9.20. The number of anilines is 1. The van der Waals surface area contributed by atoms with E-state index in [-0.39, 0.29) is 24.8 Å². The molecule has 1 fully saturated rings. The lowest BCUT2D eigenvalue weighted by Crippen LogP contribution is -2.43. The summed E-state index contributed by atoms with van der Waals surface area (Å²) >= 11 is 0. The van der Waals surface area contributed by atoms with Gasteiger partial charge >= 0.3 is 0 Å². The monoisotopic (exact) mass is 415 g/mol. The van der Waals surface area contributed by atoms with E-state index in [0.29, 0.717) is 18.4 Å². The fraction of sp³-hybridized carbons (Fsp3) is 0.667. The van der Waals surface area contributed by atoms with Crippen LogP contribution in [0, 0.1) is 5.92 Å². The smallest absolute Gasteiger partial charge is 0.224 e. The minimum absolute atomic E-state index is 0. The summed E-state index contributed by atoms with van der Waals surface area (Å²) < 4.78 is 0. The molecule has 1 saturated heterocycles. The zero-order valence-electron chi connectivity index (χ0n) is 16.7. The van der Waals surface area contributed by atoms with E-state index < -0.39 is 0 Å². The van der Waals surface area contributed by atoms with E-state index in [4.69, 9.17) is 0 Å².